The zero-order chi connectivity index (χ0) is 17.8. The third-order valence-corrected chi connectivity index (χ3v) is 6.74. The number of ether oxygens (including phenoxy) is 1. The molecular weight excluding hydrogens is 318 g/mol. The Morgan fingerprint density at radius 3 is 2.00 bits per heavy atom. The summed E-state index contributed by atoms with van der Waals surface area (Å²) in [6.07, 6.45) is 11.9. The monoisotopic (exact) mass is 350 g/mol. The van der Waals surface area contributed by atoms with Gasteiger partial charge >= 0.3 is 0 Å². The fourth-order valence-corrected chi connectivity index (χ4v) is 4.90. The van der Waals surface area contributed by atoms with E-state index in [1.807, 2.05) is 0 Å². The minimum Gasteiger partial charge on any atom is -0.490 e. The molecule has 2 aliphatic rings. The van der Waals surface area contributed by atoms with Crippen molar-refractivity contribution in [1.82, 2.24) is 0 Å². The molecule has 0 bridgehead atoms. The summed E-state index contributed by atoms with van der Waals surface area (Å²) in [4.78, 5) is 0. The van der Waals surface area contributed by atoms with Gasteiger partial charge in [0.05, 0.1) is 6.61 Å². The first-order valence-electron chi connectivity index (χ1n) is 10.2. The lowest BCUT2D eigenvalue weighted by molar-refractivity contribution is 0.121. The molecule has 3 heteroatoms. The van der Waals surface area contributed by atoms with Gasteiger partial charge in [0.15, 0.2) is 11.6 Å². The largest absolute Gasteiger partial charge is 0.490 e. The topological polar surface area (TPSA) is 9.23 Å². The summed E-state index contributed by atoms with van der Waals surface area (Å²) < 4.78 is 32.9. The average Bonchev–Trinajstić information content (AvgIpc) is 2.65. The molecule has 2 fully saturated rings. The van der Waals surface area contributed by atoms with Crippen molar-refractivity contribution < 1.29 is 13.5 Å². The molecule has 140 valence electrons. The Labute approximate surface area is 151 Å². The Morgan fingerprint density at radius 1 is 0.880 bits per heavy atom. The minimum atomic E-state index is -0.846. The molecule has 0 N–H and O–H groups in total. The molecule has 25 heavy (non-hydrogen) atoms. The van der Waals surface area contributed by atoms with Crippen LogP contribution in [0.1, 0.15) is 70.3 Å². The first kappa shape index (κ1) is 18.7. The van der Waals surface area contributed by atoms with E-state index in [4.69, 9.17) is 4.74 Å². The van der Waals surface area contributed by atoms with Crippen molar-refractivity contribution in [1.29, 1.82) is 0 Å². The van der Waals surface area contributed by atoms with Crippen LogP contribution >= 0.6 is 0 Å². The van der Waals surface area contributed by atoms with E-state index < -0.39 is 11.6 Å². The van der Waals surface area contributed by atoms with E-state index in [0.29, 0.717) is 18.1 Å². The first-order chi connectivity index (χ1) is 12.1. The highest BCUT2D eigenvalue weighted by Crippen LogP contribution is 2.42. The van der Waals surface area contributed by atoms with Crippen LogP contribution in [-0.4, -0.2) is 6.61 Å². The van der Waals surface area contributed by atoms with Crippen molar-refractivity contribution in [3.8, 4) is 5.75 Å². The third-order valence-electron chi connectivity index (χ3n) is 6.74. The molecule has 0 atom stereocenters. The van der Waals surface area contributed by atoms with Crippen molar-refractivity contribution >= 4 is 0 Å². The number of benzene rings is 1. The lowest BCUT2D eigenvalue weighted by Crippen LogP contribution is -2.27. The highest BCUT2D eigenvalue weighted by atomic mass is 19.2. The van der Waals surface area contributed by atoms with Gasteiger partial charge in [-0.25, -0.2) is 4.39 Å². The van der Waals surface area contributed by atoms with Gasteiger partial charge in [0, 0.05) is 0 Å². The van der Waals surface area contributed by atoms with Gasteiger partial charge in [0.1, 0.15) is 0 Å². The Kier molecular flexibility index (Phi) is 6.35. The van der Waals surface area contributed by atoms with Crippen LogP contribution in [0.15, 0.2) is 12.1 Å². The Bertz CT molecular complexity index is 555. The Hall–Kier alpha value is -1.12. The van der Waals surface area contributed by atoms with E-state index in [1.54, 1.807) is 13.0 Å². The summed E-state index contributed by atoms with van der Waals surface area (Å²) in [6, 6.07) is 2.74. The SMILES string of the molecule is CCC1CCC(C2CCC(COc3c(C)ccc(F)c3F)CC2)CC1. The van der Waals surface area contributed by atoms with Crippen molar-refractivity contribution in [2.24, 2.45) is 23.7 Å². The standard InChI is InChI=1S/C22H32F2O/c1-3-16-5-9-18(10-6-16)19-11-7-17(8-12-19)14-25-22-15(2)4-13-20(23)21(22)24/h4,13,16-19H,3,5-12,14H2,1-2H3. The second kappa shape index (κ2) is 8.51. The quantitative estimate of drug-likeness (QED) is 0.576. The van der Waals surface area contributed by atoms with Crippen molar-refractivity contribution in [3.05, 3.63) is 29.3 Å². The molecule has 0 spiro atoms. The van der Waals surface area contributed by atoms with E-state index >= 15 is 0 Å². The molecule has 0 aromatic heterocycles. The van der Waals surface area contributed by atoms with Crippen LogP contribution in [0, 0.1) is 42.2 Å². The van der Waals surface area contributed by atoms with Crippen molar-refractivity contribution in [3.63, 3.8) is 0 Å². The van der Waals surface area contributed by atoms with Crippen LogP contribution in [0.2, 0.25) is 0 Å². The molecule has 1 aromatic rings. The summed E-state index contributed by atoms with van der Waals surface area (Å²) in [6.45, 7) is 4.59. The van der Waals surface area contributed by atoms with Gasteiger partial charge in [0.25, 0.3) is 0 Å². The molecule has 0 radical (unpaired) electrons. The normalized spacial score (nSPS) is 30.2. The molecule has 2 aliphatic carbocycles. The van der Waals surface area contributed by atoms with Crippen LogP contribution in [0.3, 0.4) is 0 Å². The molecule has 0 heterocycles. The molecule has 1 nitrogen and oxygen atoms in total. The maximum absolute atomic E-state index is 13.9. The summed E-state index contributed by atoms with van der Waals surface area (Å²) >= 11 is 0. The van der Waals surface area contributed by atoms with Gasteiger partial charge in [-0.2, -0.15) is 4.39 Å². The van der Waals surface area contributed by atoms with Gasteiger partial charge in [-0.05, 0) is 80.8 Å². The second-order valence-electron chi connectivity index (χ2n) is 8.29. The maximum Gasteiger partial charge on any atom is 0.200 e. The number of halogens is 2. The van der Waals surface area contributed by atoms with Crippen LogP contribution < -0.4 is 4.74 Å². The summed E-state index contributed by atoms with van der Waals surface area (Å²) in [5.74, 6) is 1.67. The number of hydrogen-bond donors (Lipinski definition) is 0. The number of aryl methyl sites for hydroxylation is 1. The minimum absolute atomic E-state index is 0.0972. The van der Waals surface area contributed by atoms with E-state index in [2.05, 4.69) is 6.92 Å². The predicted molar refractivity (Wildman–Crippen MR) is 97.8 cm³/mol. The maximum atomic E-state index is 13.9. The number of hydrogen-bond acceptors (Lipinski definition) is 1. The highest BCUT2D eigenvalue weighted by Gasteiger charge is 2.30. The van der Waals surface area contributed by atoms with Gasteiger partial charge in [-0.3, -0.25) is 0 Å². The first-order valence-corrected chi connectivity index (χ1v) is 10.2. The van der Waals surface area contributed by atoms with Gasteiger partial charge in [-0.15, -0.1) is 0 Å². The molecular formula is C22H32F2O. The fourth-order valence-electron chi connectivity index (χ4n) is 4.90. The number of rotatable bonds is 5. The predicted octanol–water partition coefficient (Wildman–Crippen LogP) is 6.67. The van der Waals surface area contributed by atoms with Gasteiger partial charge < -0.3 is 4.74 Å². The van der Waals surface area contributed by atoms with Crippen molar-refractivity contribution in [2.45, 2.75) is 71.6 Å². The molecule has 2 saturated carbocycles. The van der Waals surface area contributed by atoms with E-state index in [1.165, 1.54) is 44.9 Å². The molecule has 0 unspecified atom stereocenters. The summed E-state index contributed by atoms with van der Waals surface area (Å²) in [7, 11) is 0. The van der Waals surface area contributed by atoms with Gasteiger partial charge in [-0.1, -0.05) is 32.3 Å². The molecule has 0 amide bonds. The second-order valence-corrected chi connectivity index (χ2v) is 8.29. The van der Waals surface area contributed by atoms with E-state index in [9.17, 15) is 8.78 Å². The fraction of sp³-hybridized carbons (Fsp3) is 0.727. The third kappa shape index (κ3) is 4.54. The average molecular weight is 350 g/mol. The molecule has 0 aliphatic heterocycles. The lowest BCUT2D eigenvalue weighted by Gasteiger charge is -2.37. The summed E-state index contributed by atoms with van der Waals surface area (Å²) in [5, 5.41) is 0. The zero-order valence-corrected chi connectivity index (χ0v) is 15.7. The van der Waals surface area contributed by atoms with Crippen LogP contribution in [-0.2, 0) is 0 Å². The van der Waals surface area contributed by atoms with Crippen LogP contribution in [0.4, 0.5) is 8.78 Å². The Morgan fingerprint density at radius 2 is 1.44 bits per heavy atom. The molecule has 0 saturated heterocycles. The van der Waals surface area contributed by atoms with Crippen molar-refractivity contribution in [2.75, 3.05) is 6.61 Å². The molecule has 1 aromatic carbocycles. The van der Waals surface area contributed by atoms with Crippen LogP contribution in [0.5, 0.6) is 5.75 Å². The zero-order valence-electron chi connectivity index (χ0n) is 15.7. The van der Waals surface area contributed by atoms with Gasteiger partial charge in [0.2, 0.25) is 5.82 Å². The smallest absolute Gasteiger partial charge is 0.200 e. The molecule has 3 rings (SSSR count). The van der Waals surface area contributed by atoms with Crippen LogP contribution in [0.25, 0.3) is 0 Å². The van der Waals surface area contributed by atoms with E-state index in [-0.39, 0.29) is 5.75 Å². The Balaban J connectivity index is 1.45. The van der Waals surface area contributed by atoms with E-state index in [0.717, 1.165) is 36.7 Å². The highest BCUT2D eigenvalue weighted by molar-refractivity contribution is 5.34. The lowest BCUT2D eigenvalue weighted by atomic mass is 9.69. The summed E-state index contributed by atoms with van der Waals surface area (Å²) in [5.41, 5.74) is 0.667.